The van der Waals surface area contributed by atoms with Crippen molar-refractivity contribution < 1.29 is 14.3 Å². The maximum absolute atomic E-state index is 13.7. The third-order valence-corrected chi connectivity index (χ3v) is 6.03. The number of carbonyl (C=O) groups excluding carboxylic acids is 1. The Morgan fingerprint density at radius 1 is 1.00 bits per heavy atom. The van der Waals surface area contributed by atoms with Crippen LogP contribution in [0.25, 0.3) is 22.0 Å². The van der Waals surface area contributed by atoms with Gasteiger partial charge in [-0.05, 0) is 62.5 Å². The Morgan fingerprint density at radius 2 is 1.76 bits per heavy atom. The quantitative estimate of drug-likeness (QED) is 0.381. The van der Waals surface area contributed by atoms with Gasteiger partial charge in [-0.25, -0.2) is 0 Å². The van der Waals surface area contributed by atoms with Crippen LogP contribution in [0.15, 0.2) is 53.3 Å². The van der Waals surface area contributed by atoms with Gasteiger partial charge in [0.05, 0.1) is 24.8 Å². The van der Waals surface area contributed by atoms with Crippen LogP contribution in [-0.2, 0) is 11.3 Å². The van der Waals surface area contributed by atoms with Crippen LogP contribution in [0.3, 0.4) is 0 Å². The lowest BCUT2D eigenvalue weighted by Gasteiger charge is -2.23. The summed E-state index contributed by atoms with van der Waals surface area (Å²) in [7, 11) is 3.73. The number of methoxy groups -OCH3 is 1. The molecular formula is C30H41N3O4. The molecule has 0 aliphatic carbocycles. The van der Waals surface area contributed by atoms with Crippen LogP contribution >= 0.6 is 0 Å². The average molecular weight is 508 g/mol. The third kappa shape index (κ3) is 7.83. The van der Waals surface area contributed by atoms with Gasteiger partial charge in [-0.15, -0.1) is 0 Å². The van der Waals surface area contributed by atoms with E-state index in [1.165, 1.54) is 4.57 Å². The molecule has 7 heteroatoms. The van der Waals surface area contributed by atoms with Crippen molar-refractivity contribution in [3.63, 3.8) is 0 Å². The van der Waals surface area contributed by atoms with E-state index < -0.39 is 0 Å². The maximum atomic E-state index is 13.7. The zero-order chi connectivity index (χ0) is 27.1. The van der Waals surface area contributed by atoms with E-state index in [4.69, 9.17) is 9.47 Å². The summed E-state index contributed by atoms with van der Waals surface area (Å²) in [6.07, 6.45) is 0. The van der Waals surface area contributed by atoms with Crippen LogP contribution in [0, 0.1) is 11.8 Å². The average Bonchev–Trinajstić information content (AvgIpc) is 2.83. The van der Waals surface area contributed by atoms with Crippen LogP contribution in [0.2, 0.25) is 0 Å². The topological polar surface area (TPSA) is 72.8 Å². The van der Waals surface area contributed by atoms with Gasteiger partial charge in [0, 0.05) is 30.6 Å². The highest BCUT2D eigenvalue weighted by molar-refractivity contribution is 5.87. The lowest BCUT2D eigenvalue weighted by Crippen LogP contribution is -2.36. The molecule has 1 atom stereocenters. The fourth-order valence-corrected chi connectivity index (χ4v) is 4.63. The predicted molar refractivity (Wildman–Crippen MR) is 150 cm³/mol. The molecule has 0 radical (unpaired) electrons. The van der Waals surface area contributed by atoms with Gasteiger partial charge in [-0.3, -0.25) is 14.2 Å². The molecule has 0 spiro atoms. The lowest BCUT2D eigenvalue weighted by atomic mass is 10.1. The second kappa shape index (κ2) is 12.8. The molecule has 3 aromatic rings. The van der Waals surface area contributed by atoms with Gasteiger partial charge in [0.2, 0.25) is 5.91 Å². The minimum Gasteiger partial charge on any atom is -0.497 e. The van der Waals surface area contributed by atoms with E-state index in [-0.39, 0.29) is 24.1 Å². The molecule has 1 heterocycles. The fraction of sp³-hybridized carbons (Fsp3) is 0.467. The number of hydrogen-bond donors (Lipinski definition) is 1. The van der Waals surface area contributed by atoms with Crippen molar-refractivity contribution in [2.75, 3.05) is 33.9 Å². The predicted octanol–water partition coefficient (Wildman–Crippen LogP) is 4.80. The molecule has 1 N–H and O–H groups in total. The summed E-state index contributed by atoms with van der Waals surface area (Å²) in [5.41, 5.74) is 1.23. The summed E-state index contributed by atoms with van der Waals surface area (Å²) in [6.45, 7) is 12.8. The lowest BCUT2D eigenvalue weighted by molar-refractivity contribution is -0.122. The second-order valence-corrected chi connectivity index (χ2v) is 10.7. The van der Waals surface area contributed by atoms with E-state index in [2.05, 4.69) is 38.0 Å². The van der Waals surface area contributed by atoms with Crippen LogP contribution in [0.1, 0.15) is 34.6 Å². The molecule has 7 nitrogen and oxygen atoms in total. The molecule has 2 aromatic carbocycles. The highest BCUT2D eigenvalue weighted by atomic mass is 16.5. The number of pyridine rings is 1. The molecule has 3 rings (SSSR count). The Hall–Kier alpha value is -3.32. The Bertz CT molecular complexity index is 1270. The fourth-order valence-electron chi connectivity index (χ4n) is 4.63. The largest absolute Gasteiger partial charge is 0.497 e. The number of carbonyl (C=O) groups is 1. The molecule has 37 heavy (non-hydrogen) atoms. The van der Waals surface area contributed by atoms with Crippen molar-refractivity contribution >= 4 is 16.7 Å². The Kier molecular flexibility index (Phi) is 9.75. The van der Waals surface area contributed by atoms with Crippen molar-refractivity contribution in [2.45, 2.75) is 47.2 Å². The van der Waals surface area contributed by atoms with E-state index >= 15 is 0 Å². The molecular weight excluding hydrogens is 466 g/mol. The number of hydrogen-bond acceptors (Lipinski definition) is 5. The van der Waals surface area contributed by atoms with E-state index in [0.29, 0.717) is 41.0 Å². The van der Waals surface area contributed by atoms with Crippen LogP contribution in [-0.4, -0.2) is 55.3 Å². The van der Waals surface area contributed by atoms with Gasteiger partial charge >= 0.3 is 0 Å². The molecule has 0 fully saturated rings. The molecule has 1 amide bonds. The molecule has 200 valence electrons. The SMILES string of the molecule is COc1cccc(-c2cc3ccc(OCC(C)CN(C)CC(C)C)cc3c(=O)n2CC(=O)NC(C)C)c1. The summed E-state index contributed by atoms with van der Waals surface area (Å²) in [5.74, 6) is 2.07. The summed E-state index contributed by atoms with van der Waals surface area (Å²) in [4.78, 5) is 28.7. The van der Waals surface area contributed by atoms with Gasteiger partial charge in [-0.2, -0.15) is 0 Å². The number of benzene rings is 2. The molecule has 1 unspecified atom stereocenters. The molecule has 0 saturated carbocycles. The third-order valence-electron chi connectivity index (χ3n) is 6.03. The van der Waals surface area contributed by atoms with E-state index in [1.54, 1.807) is 13.2 Å². The number of rotatable bonds is 12. The minimum atomic E-state index is -0.232. The Balaban J connectivity index is 1.94. The summed E-state index contributed by atoms with van der Waals surface area (Å²) >= 11 is 0. The van der Waals surface area contributed by atoms with Gasteiger partial charge < -0.3 is 19.7 Å². The summed E-state index contributed by atoms with van der Waals surface area (Å²) in [5, 5.41) is 4.20. The van der Waals surface area contributed by atoms with Crippen LogP contribution < -0.4 is 20.3 Å². The minimum absolute atomic E-state index is 0.0227. The highest BCUT2D eigenvalue weighted by Crippen LogP contribution is 2.27. The standard InChI is InChI=1S/C30H41N3O4/c1-20(2)16-32(6)17-22(5)19-37-26-12-11-23-14-28(24-9-8-10-25(13-24)36-7)33(30(35)27(23)15-26)18-29(34)31-21(3)4/h8-15,20-22H,16-19H2,1-7H3,(H,31,34). The Morgan fingerprint density at radius 3 is 2.43 bits per heavy atom. The number of aromatic nitrogens is 1. The monoisotopic (exact) mass is 507 g/mol. The highest BCUT2D eigenvalue weighted by Gasteiger charge is 2.16. The first-order chi connectivity index (χ1) is 17.6. The number of fused-ring (bicyclic) bond motifs is 1. The van der Waals surface area contributed by atoms with Crippen molar-refractivity contribution in [3.8, 4) is 22.8 Å². The summed E-state index contributed by atoms with van der Waals surface area (Å²) in [6, 6.07) is 15.0. The van der Waals surface area contributed by atoms with Gasteiger partial charge in [0.1, 0.15) is 18.0 Å². The first kappa shape index (κ1) is 28.3. The smallest absolute Gasteiger partial charge is 0.259 e. The maximum Gasteiger partial charge on any atom is 0.259 e. The van der Waals surface area contributed by atoms with Gasteiger partial charge in [0.15, 0.2) is 0 Å². The van der Waals surface area contributed by atoms with Crippen molar-refractivity contribution in [3.05, 3.63) is 58.9 Å². The molecule has 0 bridgehead atoms. The van der Waals surface area contributed by atoms with Gasteiger partial charge in [0.25, 0.3) is 5.56 Å². The second-order valence-electron chi connectivity index (χ2n) is 10.7. The first-order valence-electron chi connectivity index (χ1n) is 13.0. The van der Waals surface area contributed by atoms with Crippen molar-refractivity contribution in [1.29, 1.82) is 0 Å². The van der Waals surface area contributed by atoms with Gasteiger partial charge in [-0.1, -0.05) is 39.0 Å². The van der Waals surface area contributed by atoms with Crippen LogP contribution in [0.4, 0.5) is 0 Å². The molecule has 0 aliphatic rings. The molecule has 1 aromatic heterocycles. The zero-order valence-electron chi connectivity index (χ0n) is 23.2. The van der Waals surface area contributed by atoms with Crippen LogP contribution in [0.5, 0.6) is 11.5 Å². The number of nitrogens with zero attached hydrogens (tertiary/aromatic N) is 2. The summed E-state index contributed by atoms with van der Waals surface area (Å²) < 4.78 is 13.0. The number of ether oxygens (including phenoxy) is 2. The van der Waals surface area contributed by atoms with Crippen molar-refractivity contribution in [1.82, 2.24) is 14.8 Å². The first-order valence-corrected chi connectivity index (χ1v) is 13.0. The normalized spacial score (nSPS) is 12.4. The number of amides is 1. The van der Waals surface area contributed by atoms with Crippen molar-refractivity contribution in [2.24, 2.45) is 11.8 Å². The zero-order valence-corrected chi connectivity index (χ0v) is 23.2. The van der Waals surface area contributed by atoms with E-state index in [1.807, 2.05) is 56.3 Å². The van der Waals surface area contributed by atoms with E-state index in [0.717, 1.165) is 24.0 Å². The Labute approximate surface area is 220 Å². The molecule has 0 saturated heterocycles. The number of nitrogens with one attached hydrogen (secondary N) is 1. The molecule has 0 aliphatic heterocycles. The van der Waals surface area contributed by atoms with E-state index in [9.17, 15) is 9.59 Å².